The van der Waals surface area contributed by atoms with Crippen LogP contribution in [-0.2, 0) is 4.79 Å². The number of rotatable bonds is 2. The van der Waals surface area contributed by atoms with Crippen molar-refractivity contribution in [3.8, 4) is 0 Å². The summed E-state index contributed by atoms with van der Waals surface area (Å²) in [5, 5.41) is 0. The van der Waals surface area contributed by atoms with Crippen LogP contribution in [-0.4, -0.2) is 34.5 Å². The van der Waals surface area contributed by atoms with Gasteiger partial charge in [-0.2, -0.15) is 0 Å². The maximum Gasteiger partial charge on any atom is 0.252 e. The molecule has 5 nitrogen and oxygen atoms in total. The molecule has 1 atom stereocenters. The second-order valence-corrected chi connectivity index (χ2v) is 6.43. The van der Waals surface area contributed by atoms with Gasteiger partial charge in [-0.25, -0.2) is 9.97 Å². The first kappa shape index (κ1) is 14.3. The Balaban J connectivity index is 2.18. The van der Waals surface area contributed by atoms with Gasteiger partial charge in [0.2, 0.25) is 0 Å². The smallest absolute Gasteiger partial charge is 0.252 e. The summed E-state index contributed by atoms with van der Waals surface area (Å²) >= 11 is 0. The number of aromatic nitrogens is 2. The molecule has 1 aliphatic carbocycles. The Morgan fingerprint density at radius 1 is 1.38 bits per heavy atom. The zero-order valence-corrected chi connectivity index (χ0v) is 13.4. The highest BCUT2D eigenvalue weighted by molar-refractivity contribution is 6.07. The average molecular weight is 288 g/mol. The topological polar surface area (TPSA) is 49.3 Å². The average Bonchev–Trinajstić information content (AvgIpc) is 2.99. The number of likely N-dealkylation sites (N-methyl/N-ethyl adjacent to an activating group) is 1. The number of aryl methyl sites for hydroxylation is 1. The van der Waals surface area contributed by atoms with Crippen molar-refractivity contribution in [3.63, 3.8) is 0 Å². The Hall–Kier alpha value is -1.65. The lowest BCUT2D eigenvalue weighted by atomic mass is 9.89. The van der Waals surface area contributed by atoms with Crippen LogP contribution >= 0.6 is 0 Å². The number of hydrogen-bond donors (Lipinski definition) is 0. The number of hydrogen-bond acceptors (Lipinski definition) is 4. The zero-order valence-electron chi connectivity index (χ0n) is 13.4. The summed E-state index contributed by atoms with van der Waals surface area (Å²) in [5.41, 5.74) is 0.334. The van der Waals surface area contributed by atoms with E-state index in [1.165, 1.54) is 12.8 Å². The molecule has 0 bridgehead atoms. The summed E-state index contributed by atoms with van der Waals surface area (Å²) in [4.78, 5) is 25.9. The minimum absolute atomic E-state index is 0.150. The van der Waals surface area contributed by atoms with Crippen LogP contribution in [0.2, 0.25) is 0 Å². The summed E-state index contributed by atoms with van der Waals surface area (Å²) in [5.74, 6) is 1.84. The van der Waals surface area contributed by atoms with E-state index in [1.807, 2.05) is 14.0 Å². The molecule has 2 heterocycles. The molecule has 1 aromatic rings. The fourth-order valence-corrected chi connectivity index (χ4v) is 3.73. The van der Waals surface area contributed by atoms with E-state index in [4.69, 9.17) is 0 Å². The Kier molecular flexibility index (Phi) is 3.38. The summed E-state index contributed by atoms with van der Waals surface area (Å²) in [6, 6.07) is 0.417. The van der Waals surface area contributed by atoms with Crippen molar-refractivity contribution in [2.24, 2.45) is 0 Å². The van der Waals surface area contributed by atoms with Gasteiger partial charge < -0.3 is 9.80 Å². The van der Waals surface area contributed by atoms with Crippen LogP contribution in [0, 0.1) is 6.92 Å². The number of fused-ring (bicyclic) bond motifs is 1. The van der Waals surface area contributed by atoms with E-state index in [0.717, 1.165) is 36.6 Å². The van der Waals surface area contributed by atoms with Crippen LogP contribution in [0.1, 0.15) is 51.8 Å². The first-order valence-electron chi connectivity index (χ1n) is 7.90. The fourth-order valence-electron chi connectivity index (χ4n) is 3.73. The first-order chi connectivity index (χ1) is 9.99. The summed E-state index contributed by atoms with van der Waals surface area (Å²) < 4.78 is 0. The van der Waals surface area contributed by atoms with Crippen LogP contribution in [0.3, 0.4) is 0 Å². The predicted octanol–water partition coefficient (Wildman–Crippen LogP) is 2.68. The van der Waals surface area contributed by atoms with Crippen molar-refractivity contribution >= 4 is 17.4 Å². The Labute approximate surface area is 126 Å². The molecule has 1 aromatic heterocycles. The van der Waals surface area contributed by atoms with Crippen molar-refractivity contribution in [3.05, 3.63) is 12.0 Å². The SMILES string of the molecule is CC[C@]1(C)C(=O)N(C)c2cnc(C)nc2N1C1CCCC1. The second kappa shape index (κ2) is 4.97. The van der Waals surface area contributed by atoms with E-state index in [0.29, 0.717) is 6.04 Å². The monoisotopic (exact) mass is 288 g/mol. The summed E-state index contributed by atoms with van der Waals surface area (Å²) in [6.07, 6.45) is 7.35. The van der Waals surface area contributed by atoms with E-state index >= 15 is 0 Å². The molecule has 1 aliphatic heterocycles. The third-order valence-corrected chi connectivity index (χ3v) is 5.14. The molecule has 0 saturated heterocycles. The molecule has 0 unspecified atom stereocenters. The van der Waals surface area contributed by atoms with E-state index in [-0.39, 0.29) is 5.91 Å². The van der Waals surface area contributed by atoms with Crippen LogP contribution in [0.4, 0.5) is 11.5 Å². The third kappa shape index (κ3) is 2.01. The molecule has 3 rings (SSSR count). The standard InChI is InChI=1S/C16H24N4O/c1-5-16(3)15(21)19(4)13-10-17-11(2)18-14(13)20(16)12-8-6-7-9-12/h10,12H,5-9H2,1-4H3/t16-/m1/s1. The maximum atomic E-state index is 12.9. The quantitative estimate of drug-likeness (QED) is 0.839. The molecule has 114 valence electrons. The van der Waals surface area contributed by atoms with Crippen molar-refractivity contribution in [2.75, 3.05) is 16.8 Å². The molecule has 1 saturated carbocycles. The van der Waals surface area contributed by atoms with Crippen molar-refractivity contribution < 1.29 is 4.79 Å². The van der Waals surface area contributed by atoms with E-state index in [2.05, 4.69) is 28.7 Å². The minimum atomic E-state index is -0.502. The van der Waals surface area contributed by atoms with Gasteiger partial charge in [0.1, 0.15) is 17.1 Å². The Morgan fingerprint density at radius 3 is 2.67 bits per heavy atom. The van der Waals surface area contributed by atoms with Crippen LogP contribution in [0.15, 0.2) is 6.20 Å². The molecule has 5 heteroatoms. The van der Waals surface area contributed by atoms with Gasteiger partial charge in [-0.05, 0) is 33.1 Å². The second-order valence-electron chi connectivity index (χ2n) is 6.43. The van der Waals surface area contributed by atoms with Crippen molar-refractivity contribution in [1.29, 1.82) is 0 Å². The lowest BCUT2D eigenvalue weighted by Crippen LogP contribution is -2.63. The summed E-state index contributed by atoms with van der Waals surface area (Å²) in [7, 11) is 1.83. The third-order valence-electron chi connectivity index (χ3n) is 5.14. The van der Waals surface area contributed by atoms with Crippen molar-refractivity contribution in [2.45, 2.75) is 64.5 Å². The number of carbonyl (C=O) groups is 1. The van der Waals surface area contributed by atoms with Gasteiger partial charge in [-0.1, -0.05) is 19.8 Å². The molecular weight excluding hydrogens is 264 g/mol. The number of carbonyl (C=O) groups excluding carboxylic acids is 1. The molecule has 1 fully saturated rings. The normalized spacial score (nSPS) is 26.4. The molecule has 1 amide bonds. The maximum absolute atomic E-state index is 12.9. The minimum Gasteiger partial charge on any atom is -0.337 e. The molecule has 0 aromatic carbocycles. The van der Waals surface area contributed by atoms with Crippen molar-refractivity contribution in [1.82, 2.24) is 9.97 Å². The molecule has 0 radical (unpaired) electrons. The zero-order chi connectivity index (χ0) is 15.2. The number of amides is 1. The van der Waals surface area contributed by atoms with Gasteiger partial charge >= 0.3 is 0 Å². The van der Waals surface area contributed by atoms with E-state index < -0.39 is 5.54 Å². The van der Waals surface area contributed by atoms with Crippen LogP contribution < -0.4 is 9.80 Å². The van der Waals surface area contributed by atoms with E-state index in [1.54, 1.807) is 11.1 Å². The molecule has 21 heavy (non-hydrogen) atoms. The number of nitrogens with zero attached hydrogens (tertiary/aromatic N) is 4. The molecular formula is C16H24N4O. The Morgan fingerprint density at radius 2 is 2.05 bits per heavy atom. The fraction of sp³-hybridized carbons (Fsp3) is 0.688. The van der Waals surface area contributed by atoms with Crippen LogP contribution in [0.25, 0.3) is 0 Å². The van der Waals surface area contributed by atoms with Crippen LogP contribution in [0.5, 0.6) is 0 Å². The van der Waals surface area contributed by atoms with Gasteiger partial charge in [-0.15, -0.1) is 0 Å². The van der Waals surface area contributed by atoms with Gasteiger partial charge in [-0.3, -0.25) is 4.79 Å². The molecule has 0 N–H and O–H groups in total. The highest BCUT2D eigenvalue weighted by Gasteiger charge is 2.49. The van der Waals surface area contributed by atoms with Gasteiger partial charge in [0, 0.05) is 13.1 Å². The summed E-state index contributed by atoms with van der Waals surface area (Å²) in [6.45, 7) is 6.06. The highest BCUT2D eigenvalue weighted by Crippen LogP contribution is 2.43. The van der Waals surface area contributed by atoms with Gasteiger partial charge in [0.15, 0.2) is 5.82 Å². The number of anilines is 2. The lowest BCUT2D eigenvalue weighted by Gasteiger charge is -2.50. The lowest BCUT2D eigenvalue weighted by molar-refractivity contribution is -0.123. The molecule has 0 spiro atoms. The highest BCUT2D eigenvalue weighted by atomic mass is 16.2. The predicted molar refractivity (Wildman–Crippen MR) is 83.6 cm³/mol. The largest absolute Gasteiger partial charge is 0.337 e. The first-order valence-corrected chi connectivity index (χ1v) is 7.90. The van der Waals surface area contributed by atoms with Gasteiger partial charge in [0.05, 0.1) is 6.20 Å². The molecule has 2 aliphatic rings. The van der Waals surface area contributed by atoms with E-state index in [9.17, 15) is 4.79 Å². The Bertz CT molecular complexity index is 567. The van der Waals surface area contributed by atoms with Gasteiger partial charge in [0.25, 0.3) is 5.91 Å².